The quantitative estimate of drug-likeness (QED) is 0.270. The summed E-state index contributed by atoms with van der Waals surface area (Å²) in [6.07, 6.45) is -0.233. The Labute approximate surface area is 186 Å². The zero-order valence-corrected chi connectivity index (χ0v) is 18.9. The van der Waals surface area contributed by atoms with Crippen molar-refractivity contribution >= 4 is 29.7 Å². The van der Waals surface area contributed by atoms with Gasteiger partial charge in [-0.2, -0.15) is 0 Å². The van der Waals surface area contributed by atoms with Gasteiger partial charge in [0.05, 0.1) is 5.57 Å². The molecule has 32 heavy (non-hydrogen) atoms. The molecule has 9 heteroatoms. The maximum atomic E-state index is 13.0. The molecule has 0 fully saturated rings. The number of carbonyl (C=O) groups is 5. The number of allylic oxidation sites excluding steroid dienone is 1. The molecule has 0 bridgehead atoms. The summed E-state index contributed by atoms with van der Waals surface area (Å²) in [7, 11) is 0. The largest absolute Gasteiger partial charge is 0.461 e. The van der Waals surface area contributed by atoms with Crippen LogP contribution in [-0.4, -0.2) is 54.1 Å². The van der Waals surface area contributed by atoms with Gasteiger partial charge < -0.3 is 18.9 Å². The number of ketones is 1. The van der Waals surface area contributed by atoms with Crippen LogP contribution in [0.15, 0.2) is 34.9 Å². The topological polar surface area (TPSA) is 122 Å². The molecule has 174 valence electrons. The molecule has 0 aromatic rings. The summed E-state index contributed by atoms with van der Waals surface area (Å²) in [6.45, 7) is 10.2. The Bertz CT molecular complexity index is 924. The summed E-state index contributed by atoms with van der Waals surface area (Å²) in [4.78, 5) is 61.2. The van der Waals surface area contributed by atoms with Crippen molar-refractivity contribution in [3.8, 4) is 0 Å². The van der Waals surface area contributed by atoms with E-state index in [1.54, 1.807) is 13.0 Å². The molecule has 0 aromatic carbocycles. The Morgan fingerprint density at radius 2 is 1.81 bits per heavy atom. The minimum absolute atomic E-state index is 0.00645. The van der Waals surface area contributed by atoms with Crippen molar-refractivity contribution < 1.29 is 42.9 Å². The summed E-state index contributed by atoms with van der Waals surface area (Å²) in [5, 5.41) is 0. The lowest BCUT2D eigenvalue weighted by Gasteiger charge is -2.33. The van der Waals surface area contributed by atoms with Crippen molar-refractivity contribution in [1.29, 1.82) is 0 Å². The third-order valence-corrected chi connectivity index (χ3v) is 5.22. The molecule has 0 aromatic heterocycles. The van der Waals surface area contributed by atoms with Gasteiger partial charge in [-0.15, -0.1) is 0 Å². The van der Waals surface area contributed by atoms with Crippen molar-refractivity contribution in [3.05, 3.63) is 34.9 Å². The van der Waals surface area contributed by atoms with Gasteiger partial charge in [0, 0.05) is 37.8 Å². The fourth-order valence-electron chi connectivity index (χ4n) is 3.60. The number of rotatable bonds is 5. The number of Topliss-reactive ketones (excluding diaryl/α,β-unsaturated/α-hetero) is 1. The Hall–Kier alpha value is -3.23. The molecule has 3 atom stereocenters. The highest BCUT2D eigenvalue weighted by atomic mass is 16.6. The molecular formula is C23H28O9. The highest BCUT2D eigenvalue weighted by Crippen LogP contribution is 2.36. The van der Waals surface area contributed by atoms with E-state index in [4.69, 9.17) is 18.9 Å². The van der Waals surface area contributed by atoms with E-state index in [1.807, 2.05) is 0 Å². The first-order valence-corrected chi connectivity index (χ1v) is 10.2. The van der Waals surface area contributed by atoms with Crippen molar-refractivity contribution in [2.24, 2.45) is 0 Å². The second kappa shape index (κ2) is 9.93. The smallest absolute Gasteiger partial charge is 0.338 e. The molecule has 1 heterocycles. The second-order valence-electron chi connectivity index (χ2n) is 8.18. The first kappa shape index (κ1) is 25.0. The molecule has 0 spiro atoms. The van der Waals surface area contributed by atoms with Gasteiger partial charge in [-0.1, -0.05) is 12.2 Å². The van der Waals surface area contributed by atoms with Gasteiger partial charge in [0.15, 0.2) is 11.4 Å². The summed E-state index contributed by atoms with van der Waals surface area (Å²) in [5.74, 6) is -3.15. The fraction of sp³-hybridized carbons (Fsp3) is 0.522. The minimum Gasteiger partial charge on any atom is -0.461 e. The Balaban J connectivity index is 2.68. The lowest BCUT2D eigenvalue weighted by atomic mass is 9.83. The van der Waals surface area contributed by atoms with Crippen molar-refractivity contribution in [2.75, 3.05) is 6.61 Å². The van der Waals surface area contributed by atoms with Crippen LogP contribution in [0.4, 0.5) is 0 Å². The van der Waals surface area contributed by atoms with Gasteiger partial charge in [0.1, 0.15) is 18.8 Å². The summed E-state index contributed by atoms with van der Waals surface area (Å²) >= 11 is 0. The second-order valence-corrected chi connectivity index (χ2v) is 8.18. The highest BCUT2D eigenvalue weighted by molar-refractivity contribution is 5.95. The molecule has 1 aliphatic carbocycles. The highest BCUT2D eigenvalue weighted by Gasteiger charge is 2.46. The molecule has 3 unspecified atom stereocenters. The van der Waals surface area contributed by atoms with Gasteiger partial charge in [0.25, 0.3) is 0 Å². The Kier molecular flexibility index (Phi) is 7.77. The molecule has 0 radical (unpaired) electrons. The molecule has 9 nitrogen and oxygen atoms in total. The van der Waals surface area contributed by atoms with Crippen LogP contribution in [0.1, 0.15) is 53.9 Å². The van der Waals surface area contributed by atoms with Crippen molar-refractivity contribution in [1.82, 2.24) is 0 Å². The SMILES string of the molecule is C=C(C)C(=O)OC1CC(C)(OC(C)=O)C(=O)CC/C(C)=C/C2OC(=O)C(COC(C)=O)=C21. The molecule has 0 saturated carbocycles. The van der Waals surface area contributed by atoms with Crippen LogP contribution in [0.3, 0.4) is 0 Å². The van der Waals surface area contributed by atoms with Crippen LogP contribution in [-0.2, 0) is 42.9 Å². The van der Waals surface area contributed by atoms with Gasteiger partial charge in [0.2, 0.25) is 0 Å². The molecule has 1 aliphatic heterocycles. The van der Waals surface area contributed by atoms with Crippen LogP contribution in [0, 0.1) is 0 Å². The lowest BCUT2D eigenvalue weighted by Crippen LogP contribution is -2.45. The first-order valence-electron chi connectivity index (χ1n) is 10.2. The van der Waals surface area contributed by atoms with E-state index in [0.29, 0.717) is 6.42 Å². The molecular weight excluding hydrogens is 420 g/mol. The van der Waals surface area contributed by atoms with E-state index in [0.717, 1.165) is 5.57 Å². The molecule has 0 amide bonds. The summed E-state index contributed by atoms with van der Waals surface area (Å²) in [5.41, 5.74) is -0.540. The van der Waals surface area contributed by atoms with E-state index >= 15 is 0 Å². The fourth-order valence-corrected chi connectivity index (χ4v) is 3.60. The summed E-state index contributed by atoms with van der Waals surface area (Å²) < 4.78 is 21.5. The predicted molar refractivity (Wildman–Crippen MR) is 111 cm³/mol. The van der Waals surface area contributed by atoms with E-state index in [9.17, 15) is 24.0 Å². The first-order chi connectivity index (χ1) is 14.8. The van der Waals surface area contributed by atoms with Crippen LogP contribution < -0.4 is 0 Å². The van der Waals surface area contributed by atoms with Crippen molar-refractivity contribution in [3.63, 3.8) is 0 Å². The van der Waals surface area contributed by atoms with Gasteiger partial charge in [-0.3, -0.25) is 14.4 Å². The summed E-state index contributed by atoms with van der Waals surface area (Å²) in [6, 6.07) is 0. The van der Waals surface area contributed by atoms with Crippen LogP contribution in [0.25, 0.3) is 0 Å². The number of hydrogen-bond acceptors (Lipinski definition) is 9. The van der Waals surface area contributed by atoms with Crippen LogP contribution >= 0.6 is 0 Å². The average Bonchev–Trinajstić information content (AvgIpc) is 2.97. The number of fused-ring (bicyclic) bond motifs is 1. The molecule has 0 saturated heterocycles. The molecule has 0 N–H and O–H groups in total. The number of hydrogen-bond donors (Lipinski definition) is 0. The van der Waals surface area contributed by atoms with Crippen LogP contribution in [0.2, 0.25) is 0 Å². The van der Waals surface area contributed by atoms with Gasteiger partial charge in [-0.05, 0) is 33.3 Å². The lowest BCUT2D eigenvalue weighted by molar-refractivity contribution is -0.168. The van der Waals surface area contributed by atoms with E-state index in [1.165, 1.54) is 27.7 Å². The van der Waals surface area contributed by atoms with Crippen molar-refractivity contribution in [2.45, 2.75) is 71.7 Å². The number of carbonyl (C=O) groups excluding carboxylic acids is 5. The Morgan fingerprint density at radius 3 is 2.38 bits per heavy atom. The number of esters is 4. The molecule has 2 aliphatic rings. The maximum absolute atomic E-state index is 13.0. The Morgan fingerprint density at radius 1 is 1.16 bits per heavy atom. The van der Waals surface area contributed by atoms with E-state index in [-0.39, 0.29) is 35.3 Å². The zero-order chi connectivity index (χ0) is 24.2. The van der Waals surface area contributed by atoms with Gasteiger partial charge >= 0.3 is 23.9 Å². The third kappa shape index (κ3) is 5.93. The normalized spacial score (nSPS) is 27.5. The maximum Gasteiger partial charge on any atom is 0.338 e. The monoisotopic (exact) mass is 448 g/mol. The number of ether oxygens (including phenoxy) is 4. The third-order valence-electron chi connectivity index (χ3n) is 5.22. The van der Waals surface area contributed by atoms with Gasteiger partial charge in [-0.25, -0.2) is 9.59 Å². The predicted octanol–water partition coefficient (Wildman–Crippen LogP) is 2.28. The average molecular weight is 448 g/mol. The minimum atomic E-state index is -1.63. The van der Waals surface area contributed by atoms with Crippen LogP contribution in [0.5, 0.6) is 0 Å². The van der Waals surface area contributed by atoms with E-state index < -0.39 is 48.3 Å². The standard InChI is InChI=1S/C23H28O9/c1-12(2)21(27)31-18-10-23(6,32-15(5)25)19(26)8-7-13(3)9-17-20(18)16(22(28)30-17)11-29-14(4)24/h9,17-18H,1,7-8,10-11H2,2-6H3/b13-9+. The van der Waals surface area contributed by atoms with E-state index in [2.05, 4.69) is 6.58 Å². The zero-order valence-electron chi connectivity index (χ0n) is 18.9. The molecule has 2 rings (SSSR count).